The van der Waals surface area contributed by atoms with Crippen LogP contribution in [-0.4, -0.2) is 40.6 Å². The van der Waals surface area contributed by atoms with Crippen LogP contribution in [0.1, 0.15) is 11.5 Å². The summed E-state index contributed by atoms with van der Waals surface area (Å²) in [6, 6.07) is 4.03. The maximum Gasteiger partial charge on any atom is 0.174 e. The molecule has 0 saturated carbocycles. The lowest BCUT2D eigenvalue weighted by molar-refractivity contribution is 0.427. The Morgan fingerprint density at radius 3 is 2.68 bits per heavy atom. The van der Waals surface area contributed by atoms with Gasteiger partial charge in [-0.2, -0.15) is 20.6 Å². The highest BCUT2D eigenvalue weighted by molar-refractivity contribution is 4.97. The SMILES string of the molecule is c1ccn(CC(Cc2cn[nH]n2)Cc2nn[nH]n2)c1. The lowest BCUT2D eigenvalue weighted by Gasteiger charge is -2.14. The molecule has 0 aliphatic rings. The molecular weight excluding hydrogens is 244 g/mol. The van der Waals surface area contributed by atoms with Gasteiger partial charge in [0.05, 0.1) is 11.9 Å². The third-order valence-electron chi connectivity index (χ3n) is 2.96. The molecule has 3 aromatic rings. The van der Waals surface area contributed by atoms with E-state index in [1.807, 2.05) is 24.5 Å². The highest BCUT2D eigenvalue weighted by Gasteiger charge is 2.15. The van der Waals surface area contributed by atoms with Crippen molar-refractivity contribution in [1.29, 1.82) is 0 Å². The molecule has 0 fully saturated rings. The normalized spacial score (nSPS) is 12.6. The van der Waals surface area contributed by atoms with Crippen molar-refractivity contribution in [1.82, 2.24) is 40.6 Å². The van der Waals surface area contributed by atoms with E-state index in [0.29, 0.717) is 5.92 Å². The van der Waals surface area contributed by atoms with Gasteiger partial charge >= 0.3 is 0 Å². The average molecular weight is 258 g/mol. The van der Waals surface area contributed by atoms with Gasteiger partial charge in [-0.3, -0.25) is 0 Å². The quantitative estimate of drug-likeness (QED) is 0.658. The van der Waals surface area contributed by atoms with Crippen LogP contribution >= 0.6 is 0 Å². The first kappa shape index (κ1) is 11.6. The van der Waals surface area contributed by atoms with Crippen LogP contribution in [0.15, 0.2) is 30.7 Å². The van der Waals surface area contributed by atoms with Gasteiger partial charge in [0, 0.05) is 25.4 Å². The minimum atomic E-state index is 0.343. The lowest BCUT2D eigenvalue weighted by Crippen LogP contribution is -2.16. The van der Waals surface area contributed by atoms with E-state index in [-0.39, 0.29) is 0 Å². The molecular formula is C11H14N8. The summed E-state index contributed by atoms with van der Waals surface area (Å²) in [6.45, 7) is 0.883. The summed E-state index contributed by atoms with van der Waals surface area (Å²) in [5, 5.41) is 24.7. The van der Waals surface area contributed by atoms with Gasteiger partial charge in [0.1, 0.15) is 0 Å². The summed E-state index contributed by atoms with van der Waals surface area (Å²) in [7, 11) is 0. The van der Waals surface area contributed by atoms with E-state index in [1.54, 1.807) is 6.20 Å². The zero-order valence-electron chi connectivity index (χ0n) is 10.3. The summed E-state index contributed by atoms with van der Waals surface area (Å²) < 4.78 is 2.14. The fraction of sp³-hybridized carbons (Fsp3) is 0.364. The number of rotatable bonds is 6. The van der Waals surface area contributed by atoms with Crippen molar-refractivity contribution in [2.45, 2.75) is 19.4 Å². The second kappa shape index (κ2) is 5.42. The number of nitrogens with zero attached hydrogens (tertiary/aromatic N) is 6. The molecule has 0 aromatic carbocycles. The Hall–Kier alpha value is -2.51. The molecule has 0 radical (unpaired) electrons. The Labute approximate surface area is 109 Å². The van der Waals surface area contributed by atoms with Crippen LogP contribution in [0.25, 0.3) is 0 Å². The Bertz CT molecular complexity index is 482. The van der Waals surface area contributed by atoms with E-state index < -0.39 is 0 Å². The van der Waals surface area contributed by atoms with Crippen molar-refractivity contribution in [2.75, 3.05) is 0 Å². The highest BCUT2D eigenvalue weighted by atomic mass is 15.5. The lowest BCUT2D eigenvalue weighted by atomic mass is 9.99. The molecule has 3 rings (SSSR count). The van der Waals surface area contributed by atoms with Gasteiger partial charge in [-0.05, 0) is 24.5 Å². The van der Waals surface area contributed by atoms with Crippen LogP contribution in [0.4, 0.5) is 0 Å². The van der Waals surface area contributed by atoms with Gasteiger partial charge in [-0.1, -0.05) is 5.21 Å². The second-order valence-electron chi connectivity index (χ2n) is 4.44. The fourth-order valence-corrected chi connectivity index (χ4v) is 2.14. The molecule has 0 aliphatic carbocycles. The predicted molar refractivity (Wildman–Crippen MR) is 65.9 cm³/mol. The van der Waals surface area contributed by atoms with E-state index >= 15 is 0 Å². The molecule has 1 unspecified atom stereocenters. The van der Waals surface area contributed by atoms with Gasteiger partial charge in [0.15, 0.2) is 5.82 Å². The monoisotopic (exact) mass is 258 g/mol. The van der Waals surface area contributed by atoms with Crippen LogP contribution in [0.2, 0.25) is 0 Å². The largest absolute Gasteiger partial charge is 0.354 e. The number of hydrogen-bond acceptors (Lipinski definition) is 5. The van der Waals surface area contributed by atoms with Gasteiger partial charge < -0.3 is 4.57 Å². The third kappa shape index (κ3) is 3.03. The number of hydrogen-bond donors (Lipinski definition) is 2. The minimum absolute atomic E-state index is 0.343. The Kier molecular flexibility index (Phi) is 3.30. The van der Waals surface area contributed by atoms with E-state index in [0.717, 1.165) is 30.9 Å². The molecule has 0 spiro atoms. The maximum atomic E-state index is 4.10. The van der Waals surface area contributed by atoms with E-state index in [4.69, 9.17) is 0 Å². The molecule has 0 aliphatic heterocycles. The predicted octanol–water partition coefficient (Wildman–Crippen LogP) is 0.221. The fourth-order valence-electron chi connectivity index (χ4n) is 2.14. The summed E-state index contributed by atoms with van der Waals surface area (Å²) in [6.07, 6.45) is 7.42. The topological polar surface area (TPSA) is 101 Å². The average Bonchev–Trinajstić information content (AvgIpc) is 3.10. The molecule has 2 N–H and O–H groups in total. The van der Waals surface area contributed by atoms with E-state index in [2.05, 4.69) is 40.6 Å². The molecule has 98 valence electrons. The van der Waals surface area contributed by atoms with Crippen molar-refractivity contribution in [3.05, 3.63) is 42.2 Å². The Morgan fingerprint density at radius 1 is 1.11 bits per heavy atom. The number of tetrazole rings is 1. The third-order valence-corrected chi connectivity index (χ3v) is 2.96. The summed E-state index contributed by atoms with van der Waals surface area (Å²) in [4.78, 5) is 0. The van der Waals surface area contributed by atoms with Crippen LogP contribution in [0.3, 0.4) is 0 Å². The van der Waals surface area contributed by atoms with Gasteiger partial charge in [0.25, 0.3) is 0 Å². The molecule has 0 amide bonds. The van der Waals surface area contributed by atoms with Gasteiger partial charge in [0.2, 0.25) is 0 Å². The summed E-state index contributed by atoms with van der Waals surface area (Å²) >= 11 is 0. The van der Waals surface area contributed by atoms with Crippen molar-refractivity contribution in [3.63, 3.8) is 0 Å². The minimum Gasteiger partial charge on any atom is -0.354 e. The van der Waals surface area contributed by atoms with E-state index in [9.17, 15) is 0 Å². The Morgan fingerprint density at radius 2 is 2.00 bits per heavy atom. The maximum absolute atomic E-state index is 4.10. The zero-order chi connectivity index (χ0) is 12.9. The Balaban J connectivity index is 1.70. The van der Waals surface area contributed by atoms with Crippen molar-refractivity contribution >= 4 is 0 Å². The van der Waals surface area contributed by atoms with Gasteiger partial charge in [-0.25, -0.2) is 0 Å². The van der Waals surface area contributed by atoms with Crippen molar-refractivity contribution in [3.8, 4) is 0 Å². The van der Waals surface area contributed by atoms with Gasteiger partial charge in [-0.15, -0.1) is 10.2 Å². The number of nitrogens with one attached hydrogen (secondary N) is 2. The number of aromatic amines is 2. The van der Waals surface area contributed by atoms with Crippen LogP contribution in [0, 0.1) is 5.92 Å². The molecule has 8 heteroatoms. The standard InChI is InChI=1S/C11H14N8/c1-2-4-19(3-1)8-9(5-10-7-12-16-13-10)6-11-14-17-18-15-11/h1-4,7,9H,5-6,8H2,(H,12,13,16)(H,14,15,17,18). The van der Waals surface area contributed by atoms with Crippen molar-refractivity contribution < 1.29 is 0 Å². The first-order chi connectivity index (χ1) is 9.40. The molecule has 0 saturated heterocycles. The molecule has 1 atom stereocenters. The summed E-state index contributed by atoms with van der Waals surface area (Å²) in [5.41, 5.74) is 0.945. The molecule has 19 heavy (non-hydrogen) atoms. The van der Waals surface area contributed by atoms with Crippen LogP contribution in [0.5, 0.6) is 0 Å². The summed E-state index contributed by atoms with van der Waals surface area (Å²) in [5.74, 6) is 1.07. The number of aromatic nitrogens is 8. The number of H-pyrrole nitrogens is 2. The smallest absolute Gasteiger partial charge is 0.174 e. The van der Waals surface area contributed by atoms with Crippen LogP contribution in [-0.2, 0) is 19.4 Å². The first-order valence-corrected chi connectivity index (χ1v) is 6.08. The first-order valence-electron chi connectivity index (χ1n) is 6.08. The highest BCUT2D eigenvalue weighted by Crippen LogP contribution is 2.13. The molecule has 0 bridgehead atoms. The van der Waals surface area contributed by atoms with Crippen molar-refractivity contribution in [2.24, 2.45) is 5.92 Å². The molecule has 3 heterocycles. The van der Waals surface area contributed by atoms with Crippen LogP contribution < -0.4 is 0 Å². The van der Waals surface area contributed by atoms with E-state index in [1.165, 1.54) is 0 Å². The molecule has 8 nitrogen and oxygen atoms in total. The molecule has 3 aromatic heterocycles. The second-order valence-corrected chi connectivity index (χ2v) is 4.44. The zero-order valence-corrected chi connectivity index (χ0v) is 10.3.